The normalized spacial score (nSPS) is 11.6. The molecule has 0 saturated heterocycles. The minimum Gasteiger partial charge on any atom is -0.496 e. The van der Waals surface area contributed by atoms with E-state index in [2.05, 4.69) is 10.6 Å². The van der Waals surface area contributed by atoms with Gasteiger partial charge in [-0.1, -0.05) is 54.6 Å². The van der Waals surface area contributed by atoms with E-state index in [4.69, 9.17) is 10.5 Å². The van der Waals surface area contributed by atoms with Crippen LogP contribution in [0.5, 0.6) is 5.75 Å². The molecule has 1 unspecified atom stereocenters. The van der Waals surface area contributed by atoms with Crippen LogP contribution < -0.4 is 21.1 Å². The summed E-state index contributed by atoms with van der Waals surface area (Å²) in [6.07, 6.45) is 0.364. The molecule has 144 valence electrons. The maximum absolute atomic E-state index is 12.9. The molecular formula is C22H23N3O3. The number of carbonyl (C=O) groups is 2. The summed E-state index contributed by atoms with van der Waals surface area (Å²) in [4.78, 5) is 24.7. The van der Waals surface area contributed by atoms with Gasteiger partial charge in [-0.05, 0) is 17.0 Å². The standard InChI is InChI=1S/C22H23N3O3/c1-28-20-13-17(12-16-9-5-6-10-18(16)20)24-22(27)19(25-21(26)14-23)11-15-7-3-2-4-8-15/h2-10,12-13,19H,11,14,23H2,1H3,(H,24,27)(H,25,26). The van der Waals surface area contributed by atoms with Gasteiger partial charge in [-0.3, -0.25) is 9.59 Å². The van der Waals surface area contributed by atoms with Crippen molar-refractivity contribution >= 4 is 28.3 Å². The molecule has 2 amide bonds. The molecule has 3 aromatic carbocycles. The molecule has 0 spiro atoms. The van der Waals surface area contributed by atoms with E-state index in [9.17, 15) is 9.59 Å². The third-order valence-corrected chi connectivity index (χ3v) is 4.43. The van der Waals surface area contributed by atoms with Crippen molar-refractivity contribution in [1.29, 1.82) is 0 Å². The van der Waals surface area contributed by atoms with Gasteiger partial charge in [0, 0.05) is 23.6 Å². The van der Waals surface area contributed by atoms with Crippen LogP contribution >= 0.6 is 0 Å². The molecule has 3 aromatic rings. The fourth-order valence-electron chi connectivity index (χ4n) is 3.06. The number of benzene rings is 3. The largest absolute Gasteiger partial charge is 0.496 e. The summed E-state index contributed by atoms with van der Waals surface area (Å²) < 4.78 is 5.45. The van der Waals surface area contributed by atoms with E-state index in [1.165, 1.54) is 0 Å². The molecule has 0 radical (unpaired) electrons. The van der Waals surface area contributed by atoms with E-state index < -0.39 is 6.04 Å². The molecule has 0 aliphatic rings. The van der Waals surface area contributed by atoms with Crippen LogP contribution in [0.2, 0.25) is 0 Å². The van der Waals surface area contributed by atoms with Crippen molar-refractivity contribution in [3.8, 4) is 5.75 Å². The molecule has 0 saturated carbocycles. The number of methoxy groups -OCH3 is 1. The van der Waals surface area contributed by atoms with Gasteiger partial charge in [0.2, 0.25) is 11.8 Å². The third kappa shape index (κ3) is 4.66. The van der Waals surface area contributed by atoms with Gasteiger partial charge in [0.25, 0.3) is 0 Å². The Morgan fingerprint density at radius 3 is 2.46 bits per heavy atom. The smallest absolute Gasteiger partial charge is 0.247 e. The second kappa shape index (κ2) is 9.01. The Balaban J connectivity index is 1.84. The number of amides is 2. The van der Waals surface area contributed by atoms with E-state index in [0.29, 0.717) is 17.9 Å². The predicted molar refractivity (Wildman–Crippen MR) is 110 cm³/mol. The Labute approximate surface area is 163 Å². The number of anilines is 1. The number of nitrogens with one attached hydrogen (secondary N) is 2. The fourth-order valence-corrected chi connectivity index (χ4v) is 3.06. The number of nitrogens with two attached hydrogens (primary N) is 1. The Kier molecular flexibility index (Phi) is 6.24. The number of hydrogen-bond donors (Lipinski definition) is 3. The molecule has 6 nitrogen and oxygen atoms in total. The molecule has 0 aliphatic heterocycles. The summed E-state index contributed by atoms with van der Waals surface area (Å²) in [5, 5.41) is 7.48. The zero-order valence-electron chi connectivity index (χ0n) is 15.6. The molecule has 6 heteroatoms. The van der Waals surface area contributed by atoms with Crippen molar-refractivity contribution < 1.29 is 14.3 Å². The van der Waals surface area contributed by atoms with Gasteiger partial charge in [0.1, 0.15) is 11.8 Å². The molecule has 0 aromatic heterocycles. The van der Waals surface area contributed by atoms with Crippen molar-refractivity contribution in [3.05, 3.63) is 72.3 Å². The summed E-state index contributed by atoms with van der Waals surface area (Å²) in [6, 6.07) is 20.2. The van der Waals surface area contributed by atoms with E-state index in [1.54, 1.807) is 13.2 Å². The maximum atomic E-state index is 12.9. The minimum atomic E-state index is -0.740. The van der Waals surface area contributed by atoms with Crippen LogP contribution in [0.3, 0.4) is 0 Å². The second-order valence-electron chi connectivity index (χ2n) is 6.40. The molecule has 3 rings (SSSR count). The SMILES string of the molecule is COc1cc(NC(=O)C(Cc2ccccc2)NC(=O)CN)cc2ccccc12. The summed E-state index contributed by atoms with van der Waals surface area (Å²) in [5.74, 6) is -0.0332. The monoisotopic (exact) mass is 377 g/mol. The van der Waals surface area contributed by atoms with Gasteiger partial charge < -0.3 is 21.1 Å². The van der Waals surface area contributed by atoms with Gasteiger partial charge in [-0.15, -0.1) is 0 Å². The van der Waals surface area contributed by atoms with Gasteiger partial charge in [-0.25, -0.2) is 0 Å². The molecule has 28 heavy (non-hydrogen) atoms. The number of ether oxygens (including phenoxy) is 1. The van der Waals surface area contributed by atoms with Crippen LogP contribution in [0.25, 0.3) is 10.8 Å². The molecule has 0 bridgehead atoms. The van der Waals surface area contributed by atoms with Crippen molar-refractivity contribution in [2.24, 2.45) is 5.73 Å². The summed E-state index contributed by atoms with van der Waals surface area (Å²) in [6.45, 7) is -0.178. The number of hydrogen-bond acceptors (Lipinski definition) is 4. The lowest BCUT2D eigenvalue weighted by Crippen LogP contribution is -2.47. The zero-order valence-corrected chi connectivity index (χ0v) is 15.6. The first-order chi connectivity index (χ1) is 13.6. The Bertz CT molecular complexity index is 973. The molecule has 0 heterocycles. The summed E-state index contributed by atoms with van der Waals surface area (Å²) in [5.41, 5.74) is 6.94. The van der Waals surface area contributed by atoms with Gasteiger partial charge in [0.05, 0.1) is 13.7 Å². The highest BCUT2D eigenvalue weighted by atomic mass is 16.5. The highest BCUT2D eigenvalue weighted by Crippen LogP contribution is 2.29. The molecular weight excluding hydrogens is 354 g/mol. The number of carbonyl (C=O) groups excluding carboxylic acids is 2. The van der Waals surface area contributed by atoms with E-state index >= 15 is 0 Å². The van der Waals surface area contributed by atoms with Crippen molar-refractivity contribution in [3.63, 3.8) is 0 Å². The van der Waals surface area contributed by atoms with Crippen LogP contribution in [-0.2, 0) is 16.0 Å². The average Bonchev–Trinajstić information content (AvgIpc) is 2.73. The van der Waals surface area contributed by atoms with Crippen molar-refractivity contribution in [2.75, 3.05) is 19.0 Å². The average molecular weight is 377 g/mol. The van der Waals surface area contributed by atoms with Crippen LogP contribution in [0.4, 0.5) is 5.69 Å². The third-order valence-electron chi connectivity index (χ3n) is 4.43. The lowest BCUT2D eigenvalue weighted by atomic mass is 10.0. The quantitative estimate of drug-likeness (QED) is 0.590. The molecule has 1 atom stereocenters. The summed E-state index contributed by atoms with van der Waals surface area (Å²) in [7, 11) is 1.59. The Morgan fingerprint density at radius 1 is 1.04 bits per heavy atom. The van der Waals surface area contributed by atoms with Crippen LogP contribution in [0.1, 0.15) is 5.56 Å². The maximum Gasteiger partial charge on any atom is 0.247 e. The fraction of sp³-hybridized carbons (Fsp3) is 0.182. The van der Waals surface area contributed by atoms with Gasteiger partial charge in [-0.2, -0.15) is 0 Å². The zero-order chi connectivity index (χ0) is 19.9. The predicted octanol–water partition coefficient (Wildman–Crippen LogP) is 2.47. The molecule has 0 fully saturated rings. The first-order valence-corrected chi connectivity index (χ1v) is 9.01. The van der Waals surface area contributed by atoms with Crippen LogP contribution in [-0.4, -0.2) is 31.5 Å². The van der Waals surface area contributed by atoms with Crippen LogP contribution in [0.15, 0.2) is 66.7 Å². The highest BCUT2D eigenvalue weighted by molar-refractivity contribution is 6.00. The first-order valence-electron chi connectivity index (χ1n) is 9.01. The second-order valence-corrected chi connectivity index (χ2v) is 6.40. The van der Waals surface area contributed by atoms with E-state index in [-0.39, 0.29) is 18.4 Å². The lowest BCUT2D eigenvalue weighted by molar-refractivity contribution is -0.125. The van der Waals surface area contributed by atoms with Gasteiger partial charge in [0.15, 0.2) is 0 Å². The lowest BCUT2D eigenvalue weighted by Gasteiger charge is -2.19. The molecule has 0 aliphatic carbocycles. The minimum absolute atomic E-state index is 0.178. The van der Waals surface area contributed by atoms with Crippen molar-refractivity contribution in [2.45, 2.75) is 12.5 Å². The van der Waals surface area contributed by atoms with Crippen LogP contribution in [0, 0.1) is 0 Å². The van der Waals surface area contributed by atoms with E-state index in [0.717, 1.165) is 16.3 Å². The Morgan fingerprint density at radius 2 is 1.75 bits per heavy atom. The molecule has 4 N–H and O–H groups in total. The van der Waals surface area contributed by atoms with Crippen molar-refractivity contribution in [1.82, 2.24) is 5.32 Å². The van der Waals surface area contributed by atoms with Gasteiger partial charge >= 0.3 is 0 Å². The Hall–Kier alpha value is -3.38. The number of rotatable bonds is 7. The topological polar surface area (TPSA) is 93.5 Å². The van der Waals surface area contributed by atoms with E-state index in [1.807, 2.05) is 60.7 Å². The first kappa shape index (κ1) is 19.4. The number of fused-ring (bicyclic) bond motifs is 1. The summed E-state index contributed by atoms with van der Waals surface area (Å²) >= 11 is 0. The highest BCUT2D eigenvalue weighted by Gasteiger charge is 2.21.